The molecular weight excluding hydrogens is 242 g/mol. The second-order valence-corrected chi connectivity index (χ2v) is 5.41. The molecule has 0 radical (unpaired) electrons. The van der Waals surface area contributed by atoms with E-state index in [0.29, 0.717) is 24.3 Å². The fraction of sp³-hybridized carbons (Fsp3) is 0.467. The lowest BCUT2D eigenvalue weighted by molar-refractivity contribution is -0.128. The molecule has 0 spiro atoms. The van der Waals surface area contributed by atoms with Crippen LogP contribution < -0.4 is 10.1 Å². The molecule has 19 heavy (non-hydrogen) atoms. The van der Waals surface area contributed by atoms with E-state index in [1.807, 2.05) is 32.9 Å². The molecule has 0 aliphatic heterocycles. The number of methoxy groups -OCH3 is 1. The molecule has 0 heterocycles. The molecule has 0 bridgehead atoms. The van der Waals surface area contributed by atoms with Crippen LogP contribution >= 0.6 is 0 Å². The molecule has 0 unspecified atom stereocenters. The first-order valence-corrected chi connectivity index (χ1v) is 6.29. The Kier molecular flexibility index (Phi) is 5.10. The number of hydrogen-bond donors (Lipinski definition) is 1. The SMILES string of the molecule is COc1cccc(CCNC(=O)C(C)(C)C)c1C=O. The first-order chi connectivity index (χ1) is 8.90. The average Bonchev–Trinajstić information content (AvgIpc) is 2.37. The maximum absolute atomic E-state index is 11.7. The number of amides is 1. The topological polar surface area (TPSA) is 55.4 Å². The van der Waals surface area contributed by atoms with Crippen molar-refractivity contribution >= 4 is 12.2 Å². The minimum atomic E-state index is -0.401. The molecule has 1 aromatic rings. The summed E-state index contributed by atoms with van der Waals surface area (Å²) in [5.74, 6) is 0.567. The lowest BCUT2D eigenvalue weighted by Crippen LogP contribution is -2.36. The molecule has 1 amide bonds. The van der Waals surface area contributed by atoms with E-state index in [-0.39, 0.29) is 5.91 Å². The van der Waals surface area contributed by atoms with E-state index in [4.69, 9.17) is 4.74 Å². The summed E-state index contributed by atoms with van der Waals surface area (Å²) in [6.07, 6.45) is 1.40. The first-order valence-electron chi connectivity index (χ1n) is 6.29. The predicted octanol–water partition coefficient (Wildman–Crippen LogP) is 2.21. The summed E-state index contributed by atoms with van der Waals surface area (Å²) >= 11 is 0. The minimum Gasteiger partial charge on any atom is -0.496 e. The summed E-state index contributed by atoms with van der Waals surface area (Å²) < 4.78 is 5.14. The van der Waals surface area contributed by atoms with Crippen molar-refractivity contribution in [1.29, 1.82) is 0 Å². The third kappa shape index (κ3) is 4.09. The number of hydrogen-bond acceptors (Lipinski definition) is 3. The Morgan fingerprint density at radius 3 is 2.58 bits per heavy atom. The van der Waals surface area contributed by atoms with Crippen LogP contribution in [0, 0.1) is 5.41 Å². The Balaban J connectivity index is 2.69. The van der Waals surface area contributed by atoms with Gasteiger partial charge in [-0.05, 0) is 18.1 Å². The monoisotopic (exact) mass is 263 g/mol. The van der Waals surface area contributed by atoms with Gasteiger partial charge < -0.3 is 10.1 Å². The van der Waals surface area contributed by atoms with Crippen molar-refractivity contribution in [2.45, 2.75) is 27.2 Å². The van der Waals surface area contributed by atoms with Crippen LogP contribution in [0.4, 0.5) is 0 Å². The largest absolute Gasteiger partial charge is 0.496 e. The highest BCUT2D eigenvalue weighted by molar-refractivity contribution is 5.82. The molecule has 1 aromatic carbocycles. The van der Waals surface area contributed by atoms with Crippen molar-refractivity contribution in [3.63, 3.8) is 0 Å². The first kappa shape index (κ1) is 15.2. The summed E-state index contributed by atoms with van der Waals surface area (Å²) in [5, 5.41) is 2.86. The van der Waals surface area contributed by atoms with E-state index >= 15 is 0 Å². The molecule has 1 rings (SSSR count). The fourth-order valence-electron chi connectivity index (χ4n) is 1.70. The van der Waals surface area contributed by atoms with Gasteiger partial charge in [0.1, 0.15) is 5.75 Å². The van der Waals surface area contributed by atoms with Crippen LogP contribution in [0.1, 0.15) is 36.7 Å². The summed E-state index contributed by atoms with van der Waals surface area (Å²) in [6.45, 7) is 6.10. The van der Waals surface area contributed by atoms with Crippen LogP contribution in [0.15, 0.2) is 18.2 Å². The number of rotatable bonds is 5. The van der Waals surface area contributed by atoms with Crippen molar-refractivity contribution in [3.8, 4) is 5.75 Å². The molecule has 0 saturated heterocycles. The van der Waals surface area contributed by atoms with Crippen molar-refractivity contribution in [1.82, 2.24) is 5.32 Å². The Morgan fingerprint density at radius 1 is 1.37 bits per heavy atom. The third-order valence-corrected chi connectivity index (χ3v) is 2.86. The van der Waals surface area contributed by atoms with Crippen LogP contribution in [0.5, 0.6) is 5.75 Å². The molecule has 0 aliphatic rings. The summed E-state index contributed by atoms with van der Waals surface area (Å²) in [4.78, 5) is 22.8. The van der Waals surface area contributed by atoms with Crippen molar-refractivity contribution in [2.24, 2.45) is 5.41 Å². The van der Waals surface area contributed by atoms with E-state index in [1.54, 1.807) is 6.07 Å². The number of benzene rings is 1. The second-order valence-electron chi connectivity index (χ2n) is 5.41. The highest BCUT2D eigenvalue weighted by Crippen LogP contribution is 2.20. The van der Waals surface area contributed by atoms with Crippen LogP contribution in [0.2, 0.25) is 0 Å². The second kappa shape index (κ2) is 6.36. The molecule has 4 nitrogen and oxygen atoms in total. The molecule has 104 valence electrons. The van der Waals surface area contributed by atoms with Crippen LogP contribution in [-0.4, -0.2) is 25.8 Å². The van der Waals surface area contributed by atoms with Crippen LogP contribution in [-0.2, 0) is 11.2 Å². The van der Waals surface area contributed by atoms with Gasteiger partial charge in [-0.15, -0.1) is 0 Å². The van der Waals surface area contributed by atoms with Gasteiger partial charge in [-0.2, -0.15) is 0 Å². The van der Waals surface area contributed by atoms with Gasteiger partial charge in [-0.3, -0.25) is 9.59 Å². The lowest BCUT2D eigenvalue weighted by atomic mass is 9.95. The highest BCUT2D eigenvalue weighted by Gasteiger charge is 2.20. The van der Waals surface area contributed by atoms with Gasteiger partial charge in [0.05, 0.1) is 12.7 Å². The number of carbonyl (C=O) groups excluding carboxylic acids is 2. The van der Waals surface area contributed by atoms with Gasteiger partial charge in [0, 0.05) is 12.0 Å². The molecule has 0 aliphatic carbocycles. The van der Waals surface area contributed by atoms with Crippen LogP contribution in [0.3, 0.4) is 0 Å². The Hall–Kier alpha value is -1.84. The van der Waals surface area contributed by atoms with Gasteiger partial charge in [-0.1, -0.05) is 32.9 Å². The summed E-state index contributed by atoms with van der Waals surface area (Å²) in [6, 6.07) is 5.46. The highest BCUT2D eigenvalue weighted by atomic mass is 16.5. The van der Waals surface area contributed by atoms with E-state index in [2.05, 4.69) is 5.32 Å². The number of aldehydes is 1. The summed E-state index contributed by atoms with van der Waals surface area (Å²) in [5.41, 5.74) is 1.03. The van der Waals surface area contributed by atoms with E-state index in [9.17, 15) is 9.59 Å². The van der Waals surface area contributed by atoms with E-state index in [0.717, 1.165) is 11.8 Å². The zero-order valence-corrected chi connectivity index (χ0v) is 11.9. The summed E-state index contributed by atoms with van der Waals surface area (Å²) in [7, 11) is 1.54. The quantitative estimate of drug-likeness (QED) is 0.829. The van der Waals surface area contributed by atoms with Gasteiger partial charge in [0.25, 0.3) is 0 Å². The number of carbonyl (C=O) groups is 2. The predicted molar refractivity (Wildman–Crippen MR) is 74.6 cm³/mol. The van der Waals surface area contributed by atoms with Gasteiger partial charge in [0.2, 0.25) is 5.91 Å². The maximum Gasteiger partial charge on any atom is 0.225 e. The molecule has 0 atom stereocenters. The maximum atomic E-state index is 11.7. The number of nitrogens with one attached hydrogen (secondary N) is 1. The molecule has 0 fully saturated rings. The average molecular weight is 263 g/mol. The third-order valence-electron chi connectivity index (χ3n) is 2.86. The zero-order chi connectivity index (χ0) is 14.5. The van der Waals surface area contributed by atoms with Crippen molar-refractivity contribution < 1.29 is 14.3 Å². The van der Waals surface area contributed by atoms with E-state index < -0.39 is 5.41 Å². The van der Waals surface area contributed by atoms with E-state index in [1.165, 1.54) is 7.11 Å². The minimum absolute atomic E-state index is 0.00282. The van der Waals surface area contributed by atoms with Gasteiger partial charge in [0.15, 0.2) is 6.29 Å². The zero-order valence-electron chi connectivity index (χ0n) is 11.9. The molecular formula is C15H21NO3. The standard InChI is InChI=1S/C15H21NO3/c1-15(2,3)14(18)16-9-8-11-6-5-7-13(19-4)12(11)10-17/h5-7,10H,8-9H2,1-4H3,(H,16,18). The Labute approximate surface area is 114 Å². The number of ether oxygens (including phenoxy) is 1. The molecule has 0 saturated carbocycles. The Bertz CT molecular complexity index is 461. The van der Waals surface area contributed by atoms with Crippen molar-refractivity contribution in [3.05, 3.63) is 29.3 Å². The molecule has 0 aromatic heterocycles. The normalized spacial score (nSPS) is 10.9. The van der Waals surface area contributed by atoms with Gasteiger partial charge >= 0.3 is 0 Å². The molecule has 4 heteroatoms. The smallest absolute Gasteiger partial charge is 0.225 e. The fourth-order valence-corrected chi connectivity index (χ4v) is 1.70. The van der Waals surface area contributed by atoms with Crippen LogP contribution in [0.25, 0.3) is 0 Å². The van der Waals surface area contributed by atoms with Gasteiger partial charge in [-0.25, -0.2) is 0 Å². The molecule has 1 N–H and O–H groups in total. The Morgan fingerprint density at radius 2 is 2.05 bits per heavy atom. The van der Waals surface area contributed by atoms with Crippen molar-refractivity contribution in [2.75, 3.05) is 13.7 Å². The lowest BCUT2D eigenvalue weighted by Gasteiger charge is -2.18.